The number of benzene rings is 2. The minimum atomic E-state index is -1.06. The largest absolute Gasteiger partial charge is 0.508 e. The van der Waals surface area contributed by atoms with Crippen LogP contribution in [0, 0.1) is 53.3 Å². The van der Waals surface area contributed by atoms with Crippen molar-refractivity contribution in [1.82, 2.24) is 0 Å². The lowest BCUT2D eigenvalue weighted by Gasteiger charge is -2.46. The molecule has 0 amide bonds. The third kappa shape index (κ3) is 6.58. The number of carbonyl (C=O) groups is 1. The summed E-state index contributed by atoms with van der Waals surface area (Å²) in [6.45, 7) is 10.6. The van der Waals surface area contributed by atoms with E-state index in [9.17, 15) is 20.1 Å². The van der Waals surface area contributed by atoms with E-state index in [1.807, 2.05) is 51.1 Å². The monoisotopic (exact) mass is 660 g/mol. The maximum absolute atomic E-state index is 13.1. The van der Waals surface area contributed by atoms with Crippen LogP contribution >= 0.6 is 0 Å². The van der Waals surface area contributed by atoms with Gasteiger partial charge in [0, 0.05) is 5.56 Å². The van der Waals surface area contributed by atoms with Crippen molar-refractivity contribution in [1.29, 1.82) is 0 Å². The second-order valence-corrected chi connectivity index (χ2v) is 17.7. The summed E-state index contributed by atoms with van der Waals surface area (Å²) in [6.07, 6.45) is 8.77. The van der Waals surface area contributed by atoms with Crippen molar-refractivity contribution in [2.75, 3.05) is 6.79 Å². The first-order valence-electron chi connectivity index (χ1n) is 18.6. The molecule has 2 aromatic rings. The normalized spacial score (nSPS) is 39.0. The first-order chi connectivity index (χ1) is 22.7. The number of esters is 1. The second kappa shape index (κ2) is 12.5. The van der Waals surface area contributed by atoms with Crippen molar-refractivity contribution in [3.8, 4) is 17.2 Å². The van der Waals surface area contributed by atoms with Gasteiger partial charge in [0.15, 0.2) is 11.5 Å². The Balaban J connectivity index is 1.10. The summed E-state index contributed by atoms with van der Waals surface area (Å²) in [6, 6.07) is 13.2. The van der Waals surface area contributed by atoms with E-state index < -0.39 is 16.8 Å². The van der Waals surface area contributed by atoms with E-state index in [0.29, 0.717) is 84.3 Å². The molecule has 0 radical (unpaired) electrons. The SMILES string of the molecule is CC1CC(CC2CC(CC3C4CC(C(=O)OC(C)(C)C)C(C4)C3C)CC(O)(c3ccc4c(c3)OCO4)C2)CC(O)(c2ccccc2O)C1. The first-order valence-corrected chi connectivity index (χ1v) is 18.6. The van der Waals surface area contributed by atoms with Gasteiger partial charge in [-0.3, -0.25) is 4.79 Å². The van der Waals surface area contributed by atoms with E-state index in [-0.39, 0.29) is 24.4 Å². The average molecular weight is 661 g/mol. The molecule has 48 heavy (non-hydrogen) atoms. The lowest BCUT2D eigenvalue weighted by atomic mass is 9.61. The summed E-state index contributed by atoms with van der Waals surface area (Å²) in [5, 5.41) is 35.2. The molecule has 11 unspecified atom stereocenters. The van der Waals surface area contributed by atoms with Crippen LogP contribution in [0.4, 0.5) is 0 Å². The summed E-state index contributed by atoms with van der Waals surface area (Å²) in [4.78, 5) is 13.1. The molecule has 262 valence electrons. The van der Waals surface area contributed by atoms with Crippen molar-refractivity contribution in [2.24, 2.45) is 53.3 Å². The van der Waals surface area contributed by atoms with Gasteiger partial charge in [-0.25, -0.2) is 0 Å². The predicted octanol–water partition coefficient (Wildman–Crippen LogP) is 8.08. The van der Waals surface area contributed by atoms with Gasteiger partial charge in [0.25, 0.3) is 0 Å². The molecule has 7 rings (SSSR count). The van der Waals surface area contributed by atoms with Crippen molar-refractivity contribution in [2.45, 2.75) is 116 Å². The number of para-hydroxylation sites is 1. The van der Waals surface area contributed by atoms with Gasteiger partial charge >= 0.3 is 5.97 Å². The zero-order chi connectivity index (χ0) is 34.0. The Hall–Kier alpha value is -2.77. The maximum Gasteiger partial charge on any atom is 0.309 e. The average Bonchev–Trinajstić information content (AvgIpc) is 3.72. The van der Waals surface area contributed by atoms with Gasteiger partial charge in [-0.05, 0) is 156 Å². The minimum absolute atomic E-state index is 0.00114. The van der Waals surface area contributed by atoms with Crippen molar-refractivity contribution < 1.29 is 34.3 Å². The van der Waals surface area contributed by atoms with E-state index in [2.05, 4.69) is 13.8 Å². The van der Waals surface area contributed by atoms with Crippen molar-refractivity contribution in [3.05, 3.63) is 53.6 Å². The first kappa shape index (κ1) is 33.7. The molecule has 0 saturated heterocycles. The Kier molecular flexibility index (Phi) is 8.80. The number of carbonyl (C=O) groups excluding carboxylic acids is 1. The number of aromatic hydroxyl groups is 1. The number of hydrogen-bond acceptors (Lipinski definition) is 7. The van der Waals surface area contributed by atoms with Gasteiger partial charge in [0.2, 0.25) is 6.79 Å². The smallest absolute Gasteiger partial charge is 0.309 e. The fourth-order valence-electron chi connectivity index (χ4n) is 11.3. The van der Waals surface area contributed by atoms with Gasteiger partial charge in [-0.1, -0.05) is 38.1 Å². The quantitative estimate of drug-likeness (QED) is 0.258. The molecule has 2 aromatic carbocycles. The van der Waals surface area contributed by atoms with Gasteiger partial charge in [0.1, 0.15) is 11.4 Å². The molecule has 7 nitrogen and oxygen atoms in total. The van der Waals surface area contributed by atoms with Gasteiger partial charge in [-0.2, -0.15) is 0 Å². The van der Waals surface area contributed by atoms with Crippen LogP contribution < -0.4 is 9.47 Å². The molecule has 7 heteroatoms. The standard InChI is InChI=1S/C41H56O7/c1-24-12-26(22-41(45,19-24)34-8-6-7-9-35(34)42)13-27-14-28(21-40(44,20-27)30-10-11-36-37(18-30)47-23-46-36)15-31-25(2)32-16-29(31)17-33(32)38(43)48-39(3,4)5/h6-11,18,24-29,31-33,42,44-45H,12-17,19-23H2,1-5H3. The van der Waals surface area contributed by atoms with Gasteiger partial charge in [0.05, 0.1) is 17.1 Å². The Labute approximate surface area is 286 Å². The number of hydrogen-bond donors (Lipinski definition) is 3. The predicted molar refractivity (Wildman–Crippen MR) is 183 cm³/mol. The number of aliphatic hydroxyl groups is 2. The van der Waals surface area contributed by atoms with E-state index in [1.165, 1.54) is 0 Å². The van der Waals surface area contributed by atoms with Crippen LogP contribution in [-0.4, -0.2) is 33.7 Å². The van der Waals surface area contributed by atoms with Crippen LogP contribution in [0.3, 0.4) is 0 Å². The molecule has 0 aromatic heterocycles. The van der Waals surface area contributed by atoms with Crippen LogP contribution in [0.5, 0.6) is 17.2 Å². The molecular weight excluding hydrogens is 604 g/mol. The highest BCUT2D eigenvalue weighted by atomic mass is 16.7. The number of rotatable bonds is 7. The molecule has 0 spiro atoms. The molecule has 1 aliphatic heterocycles. The van der Waals surface area contributed by atoms with Crippen LogP contribution in [-0.2, 0) is 20.7 Å². The van der Waals surface area contributed by atoms with Gasteiger partial charge < -0.3 is 29.5 Å². The molecule has 4 saturated carbocycles. The zero-order valence-electron chi connectivity index (χ0n) is 29.5. The van der Waals surface area contributed by atoms with E-state index in [1.54, 1.807) is 12.1 Å². The third-order valence-corrected chi connectivity index (χ3v) is 12.9. The van der Waals surface area contributed by atoms with E-state index in [4.69, 9.17) is 14.2 Å². The fraction of sp³-hybridized carbons (Fsp3) is 0.683. The Morgan fingerprint density at radius 3 is 2.27 bits per heavy atom. The summed E-state index contributed by atoms with van der Waals surface area (Å²) in [5.74, 6) is 4.71. The molecule has 1 heterocycles. The second-order valence-electron chi connectivity index (χ2n) is 17.7. The lowest BCUT2D eigenvalue weighted by molar-refractivity contribution is -0.163. The number of fused-ring (bicyclic) bond motifs is 3. The van der Waals surface area contributed by atoms with E-state index in [0.717, 1.165) is 49.8 Å². The third-order valence-electron chi connectivity index (χ3n) is 12.9. The molecule has 5 aliphatic rings. The number of phenols is 1. The molecule has 11 atom stereocenters. The highest BCUT2D eigenvalue weighted by Crippen LogP contribution is 2.59. The van der Waals surface area contributed by atoms with Crippen LogP contribution in [0.15, 0.2) is 42.5 Å². The topological polar surface area (TPSA) is 105 Å². The molecule has 4 fully saturated rings. The van der Waals surface area contributed by atoms with Gasteiger partial charge in [-0.15, -0.1) is 0 Å². The number of ether oxygens (including phenoxy) is 3. The van der Waals surface area contributed by atoms with Crippen LogP contribution in [0.2, 0.25) is 0 Å². The summed E-state index contributed by atoms with van der Waals surface area (Å²) < 4.78 is 17.2. The summed E-state index contributed by atoms with van der Waals surface area (Å²) in [7, 11) is 0. The maximum atomic E-state index is 13.1. The summed E-state index contributed by atoms with van der Waals surface area (Å²) >= 11 is 0. The molecule has 2 bridgehead atoms. The van der Waals surface area contributed by atoms with Crippen molar-refractivity contribution in [3.63, 3.8) is 0 Å². The lowest BCUT2D eigenvalue weighted by Crippen LogP contribution is -2.41. The van der Waals surface area contributed by atoms with Crippen LogP contribution in [0.1, 0.15) is 110 Å². The molecule has 4 aliphatic carbocycles. The Morgan fingerprint density at radius 2 is 1.54 bits per heavy atom. The van der Waals surface area contributed by atoms with Crippen molar-refractivity contribution >= 4 is 5.97 Å². The van der Waals surface area contributed by atoms with E-state index >= 15 is 0 Å². The Bertz CT molecular complexity index is 1500. The fourth-order valence-corrected chi connectivity index (χ4v) is 11.3. The Morgan fingerprint density at radius 1 is 0.854 bits per heavy atom. The highest BCUT2D eigenvalue weighted by Gasteiger charge is 2.55. The number of phenolic OH excluding ortho intramolecular Hbond substituents is 1. The molecule has 3 N–H and O–H groups in total. The highest BCUT2D eigenvalue weighted by molar-refractivity contribution is 5.74. The zero-order valence-corrected chi connectivity index (χ0v) is 29.5. The van der Waals surface area contributed by atoms with Crippen LogP contribution in [0.25, 0.3) is 0 Å². The summed E-state index contributed by atoms with van der Waals surface area (Å²) in [5.41, 5.74) is -0.975. The molecular formula is C41H56O7. The minimum Gasteiger partial charge on any atom is -0.508 e.